The fraction of sp³-hybridized carbons (Fsp3) is 0.692. The summed E-state index contributed by atoms with van der Waals surface area (Å²) in [6, 6.07) is 0.463. The van der Waals surface area contributed by atoms with Crippen molar-refractivity contribution in [3.8, 4) is 0 Å². The standard InChI is InChI=1S/C13H20N2O2S/c1-3-10-11(12(16)17)18-13(14-10)15-8-6-4-5-7-9(15)2/h9H,3-8H2,1-2H3,(H,16,17). The average Bonchev–Trinajstić information content (AvgIpc) is 2.66. The van der Waals surface area contributed by atoms with Gasteiger partial charge in [0.15, 0.2) is 5.13 Å². The Kier molecular flexibility index (Phi) is 4.22. The number of hydrogen-bond acceptors (Lipinski definition) is 4. The predicted octanol–water partition coefficient (Wildman–Crippen LogP) is 3.17. The van der Waals surface area contributed by atoms with E-state index in [1.165, 1.54) is 37.0 Å². The quantitative estimate of drug-likeness (QED) is 0.914. The third-order valence-electron chi connectivity index (χ3n) is 3.51. The van der Waals surface area contributed by atoms with Crippen LogP contribution in [0.5, 0.6) is 0 Å². The summed E-state index contributed by atoms with van der Waals surface area (Å²) in [5, 5.41) is 10.1. The molecule has 0 amide bonds. The summed E-state index contributed by atoms with van der Waals surface area (Å²) in [6.45, 7) is 5.16. The largest absolute Gasteiger partial charge is 0.477 e. The highest BCUT2D eigenvalue weighted by Gasteiger charge is 2.23. The highest BCUT2D eigenvalue weighted by atomic mass is 32.1. The Balaban J connectivity index is 2.29. The summed E-state index contributed by atoms with van der Waals surface area (Å²) in [5.41, 5.74) is 0.721. The molecule has 1 aliphatic heterocycles. The lowest BCUT2D eigenvalue weighted by molar-refractivity contribution is 0.0701. The monoisotopic (exact) mass is 268 g/mol. The summed E-state index contributed by atoms with van der Waals surface area (Å²) < 4.78 is 0. The van der Waals surface area contributed by atoms with Crippen molar-refractivity contribution in [1.82, 2.24) is 4.98 Å². The zero-order valence-electron chi connectivity index (χ0n) is 11.0. The number of rotatable bonds is 3. The van der Waals surface area contributed by atoms with E-state index in [4.69, 9.17) is 0 Å². The summed E-state index contributed by atoms with van der Waals surface area (Å²) in [5.74, 6) is -0.849. The Labute approximate surface area is 112 Å². The molecule has 100 valence electrons. The minimum Gasteiger partial charge on any atom is -0.477 e. The molecule has 1 atom stereocenters. The third kappa shape index (κ3) is 2.66. The van der Waals surface area contributed by atoms with Crippen LogP contribution in [-0.2, 0) is 6.42 Å². The van der Waals surface area contributed by atoms with Gasteiger partial charge in [-0.1, -0.05) is 31.1 Å². The number of aromatic carboxylic acids is 1. The predicted molar refractivity (Wildman–Crippen MR) is 73.7 cm³/mol. The Morgan fingerprint density at radius 1 is 1.50 bits per heavy atom. The van der Waals surface area contributed by atoms with Crippen molar-refractivity contribution in [2.75, 3.05) is 11.4 Å². The molecule has 1 aromatic rings. The lowest BCUT2D eigenvalue weighted by Gasteiger charge is -2.26. The van der Waals surface area contributed by atoms with Gasteiger partial charge in [-0.2, -0.15) is 0 Å². The normalized spacial score (nSPS) is 20.8. The second-order valence-electron chi connectivity index (χ2n) is 4.82. The summed E-state index contributed by atoms with van der Waals surface area (Å²) in [6.07, 6.45) is 5.55. The van der Waals surface area contributed by atoms with Crippen LogP contribution in [0.3, 0.4) is 0 Å². The van der Waals surface area contributed by atoms with Gasteiger partial charge in [-0.3, -0.25) is 0 Å². The first kappa shape index (κ1) is 13.3. The molecule has 2 rings (SSSR count). The molecule has 4 nitrogen and oxygen atoms in total. The van der Waals surface area contributed by atoms with Crippen molar-refractivity contribution in [1.29, 1.82) is 0 Å². The van der Waals surface area contributed by atoms with Crippen LogP contribution in [0.4, 0.5) is 5.13 Å². The van der Waals surface area contributed by atoms with E-state index < -0.39 is 5.97 Å². The van der Waals surface area contributed by atoms with E-state index in [2.05, 4.69) is 16.8 Å². The highest BCUT2D eigenvalue weighted by molar-refractivity contribution is 7.17. The van der Waals surface area contributed by atoms with Gasteiger partial charge in [-0.15, -0.1) is 0 Å². The van der Waals surface area contributed by atoms with E-state index in [9.17, 15) is 9.90 Å². The summed E-state index contributed by atoms with van der Waals surface area (Å²) in [4.78, 5) is 18.4. The maximum absolute atomic E-state index is 11.2. The van der Waals surface area contributed by atoms with Gasteiger partial charge in [-0.05, 0) is 26.2 Å². The first-order chi connectivity index (χ1) is 8.63. The van der Waals surface area contributed by atoms with Gasteiger partial charge < -0.3 is 10.0 Å². The van der Waals surface area contributed by atoms with E-state index >= 15 is 0 Å². The van der Waals surface area contributed by atoms with Crippen molar-refractivity contribution in [3.63, 3.8) is 0 Å². The van der Waals surface area contributed by atoms with Crippen LogP contribution < -0.4 is 4.90 Å². The average molecular weight is 268 g/mol. The van der Waals surface area contributed by atoms with E-state index in [0.29, 0.717) is 17.3 Å². The van der Waals surface area contributed by atoms with Crippen molar-refractivity contribution in [2.45, 2.75) is 52.0 Å². The highest BCUT2D eigenvalue weighted by Crippen LogP contribution is 2.30. The third-order valence-corrected chi connectivity index (χ3v) is 4.64. The van der Waals surface area contributed by atoms with E-state index in [1.807, 2.05) is 6.92 Å². The molecule has 0 bridgehead atoms. The van der Waals surface area contributed by atoms with Crippen molar-refractivity contribution in [3.05, 3.63) is 10.6 Å². The molecule has 0 aliphatic carbocycles. The Morgan fingerprint density at radius 2 is 2.28 bits per heavy atom. The molecule has 2 heterocycles. The number of aryl methyl sites for hydroxylation is 1. The number of carboxylic acid groups (broad SMARTS) is 1. The van der Waals surface area contributed by atoms with E-state index in [-0.39, 0.29) is 0 Å². The van der Waals surface area contributed by atoms with Crippen LogP contribution in [0.15, 0.2) is 0 Å². The molecule has 1 saturated heterocycles. The van der Waals surface area contributed by atoms with Gasteiger partial charge in [0, 0.05) is 12.6 Å². The van der Waals surface area contributed by atoms with Gasteiger partial charge in [-0.25, -0.2) is 9.78 Å². The number of hydrogen-bond donors (Lipinski definition) is 1. The van der Waals surface area contributed by atoms with Crippen molar-refractivity contribution >= 4 is 22.4 Å². The number of anilines is 1. The molecule has 1 aliphatic rings. The van der Waals surface area contributed by atoms with Crippen LogP contribution in [0.1, 0.15) is 54.9 Å². The van der Waals surface area contributed by atoms with Crippen molar-refractivity contribution in [2.24, 2.45) is 0 Å². The number of aromatic nitrogens is 1. The maximum atomic E-state index is 11.2. The van der Waals surface area contributed by atoms with Gasteiger partial charge in [0.2, 0.25) is 0 Å². The second-order valence-corrected chi connectivity index (χ2v) is 5.80. The topological polar surface area (TPSA) is 53.4 Å². The second kappa shape index (κ2) is 5.69. The SMILES string of the molecule is CCc1nc(N2CCCCCC2C)sc1C(=O)O. The van der Waals surface area contributed by atoms with Crippen LogP contribution in [-0.4, -0.2) is 28.6 Å². The van der Waals surface area contributed by atoms with Gasteiger partial charge in [0.05, 0.1) is 5.69 Å². The Bertz CT molecular complexity index is 431. The molecular formula is C13H20N2O2S. The van der Waals surface area contributed by atoms with Crippen molar-refractivity contribution < 1.29 is 9.90 Å². The lowest BCUT2D eigenvalue weighted by atomic mass is 10.1. The number of nitrogens with zero attached hydrogens (tertiary/aromatic N) is 2. The van der Waals surface area contributed by atoms with E-state index in [0.717, 1.165) is 17.4 Å². The molecule has 1 aromatic heterocycles. The minimum absolute atomic E-state index is 0.406. The number of thiazole rings is 1. The molecule has 0 saturated carbocycles. The Morgan fingerprint density at radius 3 is 2.89 bits per heavy atom. The molecule has 18 heavy (non-hydrogen) atoms. The van der Waals surface area contributed by atoms with Gasteiger partial charge in [0.25, 0.3) is 0 Å². The number of carboxylic acids is 1. The van der Waals surface area contributed by atoms with Gasteiger partial charge >= 0.3 is 5.97 Å². The Hall–Kier alpha value is -1.10. The molecule has 1 N–H and O–H groups in total. The van der Waals surface area contributed by atoms with Crippen LogP contribution in [0, 0.1) is 0 Å². The van der Waals surface area contributed by atoms with Crippen LogP contribution in [0.2, 0.25) is 0 Å². The van der Waals surface area contributed by atoms with E-state index in [1.54, 1.807) is 0 Å². The number of carbonyl (C=O) groups is 1. The molecule has 1 unspecified atom stereocenters. The first-order valence-electron chi connectivity index (χ1n) is 6.63. The fourth-order valence-electron chi connectivity index (χ4n) is 2.43. The molecule has 0 spiro atoms. The fourth-order valence-corrected chi connectivity index (χ4v) is 3.55. The summed E-state index contributed by atoms with van der Waals surface area (Å²) in [7, 11) is 0. The molecule has 1 fully saturated rings. The zero-order chi connectivity index (χ0) is 13.1. The zero-order valence-corrected chi connectivity index (χ0v) is 11.8. The molecular weight excluding hydrogens is 248 g/mol. The smallest absolute Gasteiger partial charge is 0.347 e. The van der Waals surface area contributed by atoms with Crippen LogP contribution in [0.25, 0.3) is 0 Å². The first-order valence-corrected chi connectivity index (χ1v) is 7.44. The summed E-state index contributed by atoms with van der Waals surface area (Å²) >= 11 is 1.33. The minimum atomic E-state index is -0.849. The maximum Gasteiger partial charge on any atom is 0.347 e. The van der Waals surface area contributed by atoms with Crippen LogP contribution >= 0.6 is 11.3 Å². The molecule has 5 heteroatoms. The lowest BCUT2D eigenvalue weighted by Crippen LogP contribution is -2.32. The molecule has 0 aromatic carbocycles. The van der Waals surface area contributed by atoms with Gasteiger partial charge in [0.1, 0.15) is 4.88 Å². The molecule has 0 radical (unpaired) electrons.